The zero-order chi connectivity index (χ0) is 19.4. The van der Waals surface area contributed by atoms with Crippen LogP contribution in [0.1, 0.15) is 20.8 Å². The second-order valence-corrected chi connectivity index (χ2v) is 5.38. The van der Waals surface area contributed by atoms with Crippen molar-refractivity contribution in [3.8, 4) is 0 Å². The molecule has 0 fully saturated rings. The molecule has 1 heterocycles. The molecule has 0 aliphatic heterocycles. The van der Waals surface area contributed by atoms with Crippen LogP contribution in [0.5, 0.6) is 0 Å². The molecule has 1 aromatic heterocycles. The van der Waals surface area contributed by atoms with E-state index in [-0.39, 0.29) is 22.6 Å². The Balaban J connectivity index is 1.75. The molecule has 0 atom stereocenters. The van der Waals surface area contributed by atoms with Crippen molar-refractivity contribution >= 4 is 28.9 Å². The van der Waals surface area contributed by atoms with E-state index in [1.54, 1.807) is 0 Å². The minimum atomic E-state index is -0.643. The number of benzene rings is 2. The predicted molar refractivity (Wildman–Crippen MR) is 94.0 cm³/mol. The van der Waals surface area contributed by atoms with E-state index in [1.807, 2.05) is 0 Å². The van der Waals surface area contributed by atoms with Crippen LogP contribution in [0.25, 0.3) is 0 Å². The first-order valence-corrected chi connectivity index (χ1v) is 7.60. The van der Waals surface area contributed by atoms with Crippen molar-refractivity contribution < 1.29 is 18.9 Å². The van der Waals surface area contributed by atoms with Crippen LogP contribution in [0, 0.1) is 15.9 Å². The number of halogens is 1. The van der Waals surface area contributed by atoms with Gasteiger partial charge in [0.15, 0.2) is 0 Å². The smallest absolute Gasteiger partial charge is 0.275 e. The molecule has 0 aliphatic rings. The van der Waals surface area contributed by atoms with Crippen LogP contribution < -0.4 is 10.6 Å². The van der Waals surface area contributed by atoms with Gasteiger partial charge in [-0.05, 0) is 30.3 Å². The summed E-state index contributed by atoms with van der Waals surface area (Å²) in [7, 11) is 0. The molecule has 3 rings (SSSR count). The van der Waals surface area contributed by atoms with Crippen molar-refractivity contribution in [2.24, 2.45) is 0 Å². The van der Waals surface area contributed by atoms with Crippen molar-refractivity contribution in [1.82, 2.24) is 10.2 Å². The fourth-order valence-corrected chi connectivity index (χ4v) is 2.24. The summed E-state index contributed by atoms with van der Waals surface area (Å²) >= 11 is 0. The van der Waals surface area contributed by atoms with Gasteiger partial charge >= 0.3 is 0 Å². The van der Waals surface area contributed by atoms with E-state index >= 15 is 0 Å². The van der Waals surface area contributed by atoms with E-state index in [0.29, 0.717) is 5.69 Å². The van der Waals surface area contributed by atoms with Gasteiger partial charge in [0.25, 0.3) is 17.5 Å². The van der Waals surface area contributed by atoms with E-state index in [9.17, 15) is 24.1 Å². The normalized spacial score (nSPS) is 10.3. The molecular weight excluding hydrogens is 357 g/mol. The van der Waals surface area contributed by atoms with Crippen LogP contribution in [0.2, 0.25) is 0 Å². The van der Waals surface area contributed by atoms with Gasteiger partial charge in [-0.1, -0.05) is 6.07 Å². The van der Waals surface area contributed by atoms with Gasteiger partial charge in [-0.3, -0.25) is 24.8 Å². The third kappa shape index (κ3) is 4.12. The minimum Gasteiger partial charge on any atom is -0.321 e. The van der Waals surface area contributed by atoms with Crippen LogP contribution in [0.3, 0.4) is 0 Å². The fraction of sp³-hybridized carbons (Fsp3) is 0. The summed E-state index contributed by atoms with van der Waals surface area (Å²) in [4.78, 5) is 34.8. The maximum absolute atomic E-state index is 12.9. The number of H-pyrrole nitrogens is 1. The number of hydrogen-bond donors (Lipinski definition) is 3. The highest BCUT2D eigenvalue weighted by molar-refractivity contribution is 6.11. The van der Waals surface area contributed by atoms with Gasteiger partial charge in [0.05, 0.1) is 16.8 Å². The molecule has 0 saturated carbocycles. The first-order valence-electron chi connectivity index (χ1n) is 7.60. The molecule has 0 aliphatic carbocycles. The lowest BCUT2D eigenvalue weighted by Gasteiger charge is -2.07. The van der Waals surface area contributed by atoms with Gasteiger partial charge in [-0.25, -0.2) is 4.39 Å². The summed E-state index contributed by atoms with van der Waals surface area (Å²) in [6, 6.07) is 10.3. The Bertz CT molecular complexity index is 1020. The fourth-order valence-electron chi connectivity index (χ4n) is 2.24. The number of aromatic amines is 1. The molecule has 0 spiro atoms. The van der Waals surface area contributed by atoms with Gasteiger partial charge in [-0.15, -0.1) is 0 Å². The van der Waals surface area contributed by atoms with Crippen molar-refractivity contribution in [3.05, 3.63) is 81.9 Å². The number of nitrogens with zero attached hydrogens (tertiary/aromatic N) is 2. The molecule has 0 radical (unpaired) electrons. The molecule has 2 amide bonds. The van der Waals surface area contributed by atoms with E-state index < -0.39 is 22.6 Å². The van der Waals surface area contributed by atoms with Crippen LogP contribution >= 0.6 is 0 Å². The van der Waals surface area contributed by atoms with Crippen molar-refractivity contribution in [3.63, 3.8) is 0 Å². The lowest BCUT2D eigenvalue weighted by molar-refractivity contribution is -0.384. The summed E-state index contributed by atoms with van der Waals surface area (Å²) in [6.45, 7) is 0. The Hall–Kier alpha value is -4.08. The highest BCUT2D eigenvalue weighted by atomic mass is 19.1. The highest BCUT2D eigenvalue weighted by Crippen LogP contribution is 2.18. The third-order valence-corrected chi connectivity index (χ3v) is 3.54. The second-order valence-electron chi connectivity index (χ2n) is 5.38. The molecule has 0 bridgehead atoms. The van der Waals surface area contributed by atoms with E-state index in [2.05, 4.69) is 20.8 Å². The Morgan fingerprint density at radius 1 is 1.07 bits per heavy atom. The van der Waals surface area contributed by atoms with Gasteiger partial charge < -0.3 is 10.6 Å². The van der Waals surface area contributed by atoms with Crippen LogP contribution in [-0.4, -0.2) is 26.9 Å². The van der Waals surface area contributed by atoms with Gasteiger partial charge in [0, 0.05) is 23.4 Å². The largest absolute Gasteiger partial charge is 0.321 e. The summed E-state index contributed by atoms with van der Waals surface area (Å²) in [6.07, 6.45) is 1.23. The lowest BCUT2D eigenvalue weighted by atomic mass is 10.2. The Morgan fingerprint density at radius 2 is 1.81 bits per heavy atom. The number of amides is 2. The highest BCUT2D eigenvalue weighted by Gasteiger charge is 2.18. The first kappa shape index (κ1) is 17.7. The lowest BCUT2D eigenvalue weighted by Crippen LogP contribution is -2.18. The first-order chi connectivity index (χ1) is 12.9. The molecule has 136 valence electrons. The topological polar surface area (TPSA) is 130 Å². The number of nitrogens with one attached hydrogen (secondary N) is 3. The molecule has 0 saturated heterocycles. The molecule has 2 aromatic carbocycles. The van der Waals surface area contributed by atoms with Crippen molar-refractivity contribution in [2.45, 2.75) is 0 Å². The number of rotatable bonds is 5. The molecule has 0 unspecified atom stereocenters. The molecule has 3 N–H and O–H groups in total. The van der Waals surface area contributed by atoms with E-state index in [4.69, 9.17) is 0 Å². The van der Waals surface area contributed by atoms with E-state index in [1.165, 1.54) is 48.7 Å². The Morgan fingerprint density at radius 3 is 2.52 bits per heavy atom. The standard InChI is InChI=1S/C17H12FN5O4/c18-11-4-6-12(7-5-11)20-17(25)15-14(9-19-22-15)21-16(24)10-2-1-3-13(8-10)23(26)27/h1-9H,(H,19,22)(H,20,25)(H,21,24). The third-order valence-electron chi connectivity index (χ3n) is 3.54. The second kappa shape index (κ2) is 7.44. The van der Waals surface area contributed by atoms with Gasteiger partial charge in [0.1, 0.15) is 11.5 Å². The number of hydrogen-bond acceptors (Lipinski definition) is 5. The minimum absolute atomic E-state index is 0.0295. The van der Waals surface area contributed by atoms with Gasteiger partial charge in [-0.2, -0.15) is 5.10 Å². The average molecular weight is 369 g/mol. The zero-order valence-corrected chi connectivity index (χ0v) is 13.6. The van der Waals surface area contributed by atoms with Crippen LogP contribution in [0.15, 0.2) is 54.7 Å². The van der Waals surface area contributed by atoms with Crippen molar-refractivity contribution in [1.29, 1.82) is 0 Å². The number of carbonyl (C=O) groups excluding carboxylic acids is 2. The predicted octanol–water partition coefficient (Wildman–Crippen LogP) is 2.96. The number of carbonyl (C=O) groups is 2. The van der Waals surface area contributed by atoms with Crippen LogP contribution in [-0.2, 0) is 0 Å². The molecular formula is C17H12FN5O4. The molecule has 10 heteroatoms. The monoisotopic (exact) mass is 369 g/mol. The van der Waals surface area contributed by atoms with Crippen molar-refractivity contribution in [2.75, 3.05) is 10.6 Å². The average Bonchev–Trinajstić information content (AvgIpc) is 3.12. The summed E-state index contributed by atoms with van der Waals surface area (Å²) in [5, 5.41) is 22.0. The molecule has 9 nitrogen and oxygen atoms in total. The molecule has 27 heavy (non-hydrogen) atoms. The number of non-ortho nitro benzene ring substituents is 1. The Labute approximate surface area is 151 Å². The number of aromatic nitrogens is 2. The van der Waals surface area contributed by atoms with Gasteiger partial charge in [0.2, 0.25) is 0 Å². The van der Waals surface area contributed by atoms with E-state index in [0.717, 1.165) is 6.07 Å². The summed E-state index contributed by atoms with van der Waals surface area (Å²) in [5.74, 6) is -1.69. The Kier molecular flexibility index (Phi) is 4.88. The SMILES string of the molecule is O=C(Nc1cn[nH]c1C(=O)Nc1ccc(F)cc1)c1cccc([N+](=O)[O-])c1. The number of nitro benzene ring substituents is 1. The maximum atomic E-state index is 12.9. The quantitative estimate of drug-likeness (QED) is 0.470. The number of nitro groups is 1. The summed E-state index contributed by atoms with van der Waals surface area (Å²) in [5.41, 5.74) is 0.232. The molecule has 3 aromatic rings. The summed E-state index contributed by atoms with van der Waals surface area (Å²) < 4.78 is 12.9. The number of anilines is 2. The zero-order valence-electron chi connectivity index (χ0n) is 13.6. The maximum Gasteiger partial charge on any atom is 0.275 e. The van der Waals surface area contributed by atoms with Crippen LogP contribution in [0.4, 0.5) is 21.5 Å².